The first kappa shape index (κ1) is 42.4. The molecule has 8 bridgehead atoms. The molecule has 3 aliphatic rings. The Kier molecular flexibility index (Phi) is 9.37. The SMILES string of the molecule is Fc1nc2c(nc1F)-c1nc-2c(-c2ccccc2)c2[nH]c(c(-c3ccccc3)c3nc(c(-c4ccccc4)c4[nH]c(c1-c1ccccc1)c1nc(F)c(F)nc41)-c1nc(F)c(F)nc1-3)c1nc(F)c(F)nc21. The Morgan fingerprint density at radius 1 is 0.222 bits per heavy atom. The van der Waals surface area contributed by atoms with Crippen molar-refractivity contribution in [2.24, 2.45) is 0 Å². The number of rotatable bonds is 4. The molecule has 346 valence electrons. The van der Waals surface area contributed by atoms with E-state index in [1.807, 2.05) is 0 Å². The average molecular weight is 967 g/mol. The van der Waals surface area contributed by atoms with Crippen molar-refractivity contribution in [1.82, 2.24) is 59.8 Å². The largest absolute Gasteiger partial charge is 0.351 e. The van der Waals surface area contributed by atoms with Crippen molar-refractivity contribution in [1.29, 1.82) is 0 Å². The molecule has 6 aromatic heterocycles. The highest BCUT2D eigenvalue weighted by atomic mass is 19.2. The van der Waals surface area contributed by atoms with Gasteiger partial charge in [0.1, 0.15) is 67.6 Å². The number of aromatic amines is 2. The van der Waals surface area contributed by atoms with Crippen LogP contribution in [0.1, 0.15) is 0 Å². The lowest BCUT2D eigenvalue weighted by Gasteiger charge is -2.08. The van der Waals surface area contributed by atoms with E-state index in [1.54, 1.807) is 121 Å². The van der Waals surface area contributed by atoms with E-state index in [4.69, 9.17) is 9.97 Å². The van der Waals surface area contributed by atoms with Crippen LogP contribution < -0.4 is 0 Å². The molecule has 13 rings (SSSR count). The molecule has 0 radical (unpaired) electrons. The van der Waals surface area contributed by atoms with Crippen LogP contribution >= 0.6 is 0 Å². The van der Waals surface area contributed by atoms with Crippen molar-refractivity contribution in [2.75, 3.05) is 0 Å². The Balaban J connectivity index is 1.42. The van der Waals surface area contributed by atoms with E-state index in [0.717, 1.165) is 0 Å². The third kappa shape index (κ3) is 6.38. The van der Waals surface area contributed by atoms with Crippen molar-refractivity contribution in [3.63, 3.8) is 0 Å². The normalized spacial score (nSPS) is 11.9. The molecular weight excluding hydrogens is 945 g/mol. The van der Waals surface area contributed by atoms with Gasteiger partial charge in [-0.15, -0.1) is 0 Å². The van der Waals surface area contributed by atoms with Gasteiger partial charge in [-0.3, -0.25) is 0 Å². The molecule has 4 aromatic carbocycles. The smallest absolute Gasteiger partial charge is 0.269 e. The van der Waals surface area contributed by atoms with Gasteiger partial charge in [0.05, 0.1) is 22.1 Å². The van der Waals surface area contributed by atoms with Crippen LogP contribution in [-0.4, -0.2) is 59.8 Å². The zero-order valence-corrected chi connectivity index (χ0v) is 36.0. The summed E-state index contributed by atoms with van der Waals surface area (Å²) in [7, 11) is 0. The number of aromatic nitrogens is 12. The van der Waals surface area contributed by atoms with Gasteiger partial charge in [0.25, 0.3) is 47.6 Å². The second-order valence-corrected chi connectivity index (χ2v) is 16.3. The van der Waals surface area contributed by atoms with Crippen LogP contribution in [0.3, 0.4) is 0 Å². The number of hydrogen-bond acceptors (Lipinski definition) is 10. The molecule has 0 spiro atoms. The minimum absolute atomic E-state index is 0.00538. The molecule has 20 heteroatoms. The van der Waals surface area contributed by atoms with Crippen molar-refractivity contribution in [3.05, 3.63) is 169 Å². The van der Waals surface area contributed by atoms with Crippen LogP contribution in [0.5, 0.6) is 0 Å². The summed E-state index contributed by atoms with van der Waals surface area (Å²) < 4.78 is 126. The molecule has 2 aliphatic heterocycles. The van der Waals surface area contributed by atoms with Gasteiger partial charge < -0.3 is 9.97 Å². The molecule has 0 amide bonds. The van der Waals surface area contributed by atoms with Crippen molar-refractivity contribution in [3.8, 4) is 90.1 Å². The van der Waals surface area contributed by atoms with Gasteiger partial charge >= 0.3 is 0 Å². The number of H-pyrrole nitrogens is 2. The number of hydrogen-bond donors (Lipinski definition) is 2. The maximum atomic E-state index is 15.8. The molecular formula is C52H22F8N12. The molecule has 2 N–H and O–H groups in total. The summed E-state index contributed by atoms with van der Waals surface area (Å²) >= 11 is 0. The second-order valence-electron chi connectivity index (χ2n) is 16.3. The zero-order chi connectivity index (χ0) is 49.1. The highest BCUT2D eigenvalue weighted by molar-refractivity contribution is 6.18. The predicted octanol–water partition coefficient (Wildman–Crippen LogP) is 12.2. The van der Waals surface area contributed by atoms with E-state index in [9.17, 15) is 0 Å². The van der Waals surface area contributed by atoms with Crippen LogP contribution in [0.2, 0.25) is 0 Å². The average Bonchev–Trinajstić information content (AvgIpc) is 4.13. The fourth-order valence-corrected chi connectivity index (χ4v) is 9.30. The summed E-state index contributed by atoms with van der Waals surface area (Å²) in [5.74, 6) is -13.0. The van der Waals surface area contributed by atoms with Gasteiger partial charge in [-0.2, -0.15) is 35.1 Å². The standard InChI is InChI=1S/C52H22F8N12/c53-45-47(55)67-39-31-26(22-15-7-2-8-16-22)33-41-43(71-51(59)49(57)69-41)35(63-33)28(24-19-11-4-12-20-24)36-44-42(70-50(58)52(60)72-44)34(64-36)27(23-17-9-3-10-18-23)32-40-38(66-46(54)48(56)68-40)30(62-32)25(21-13-5-1-6-14-21)29(61-31)37(39)65-45/h1-20,61,64H. The molecule has 1 aliphatic carbocycles. The first-order chi connectivity index (χ1) is 35.0. The highest BCUT2D eigenvalue weighted by Gasteiger charge is 2.35. The lowest BCUT2D eigenvalue weighted by Crippen LogP contribution is -1.99. The minimum Gasteiger partial charge on any atom is -0.351 e. The fraction of sp³-hybridized carbons (Fsp3) is 0. The fourth-order valence-electron chi connectivity index (χ4n) is 9.30. The highest BCUT2D eigenvalue weighted by Crippen LogP contribution is 2.50. The summed E-state index contributed by atoms with van der Waals surface area (Å²) in [6.07, 6.45) is 0. The van der Waals surface area contributed by atoms with Crippen molar-refractivity contribution >= 4 is 44.1 Å². The van der Waals surface area contributed by atoms with E-state index < -0.39 is 47.6 Å². The molecule has 0 unspecified atom stereocenters. The molecule has 0 fully saturated rings. The number of nitrogens with zero attached hydrogens (tertiary/aromatic N) is 10. The Hall–Kier alpha value is -9.72. The van der Waals surface area contributed by atoms with E-state index in [0.29, 0.717) is 22.3 Å². The Morgan fingerprint density at radius 3 is 0.625 bits per heavy atom. The van der Waals surface area contributed by atoms with Gasteiger partial charge in [0.2, 0.25) is 0 Å². The molecule has 8 heterocycles. The van der Waals surface area contributed by atoms with Crippen LogP contribution in [0.15, 0.2) is 121 Å². The summed E-state index contributed by atoms with van der Waals surface area (Å²) in [5.41, 5.74) is -2.81. The summed E-state index contributed by atoms with van der Waals surface area (Å²) in [4.78, 5) is 49.1. The van der Waals surface area contributed by atoms with Gasteiger partial charge in [-0.25, -0.2) is 49.8 Å². The monoisotopic (exact) mass is 966 g/mol. The van der Waals surface area contributed by atoms with Crippen LogP contribution in [0, 0.1) is 47.6 Å². The Morgan fingerprint density at radius 2 is 0.417 bits per heavy atom. The van der Waals surface area contributed by atoms with Crippen LogP contribution in [0.4, 0.5) is 35.1 Å². The second kappa shape index (κ2) is 15.9. The van der Waals surface area contributed by atoms with Gasteiger partial charge in [0, 0.05) is 22.3 Å². The third-order valence-electron chi connectivity index (χ3n) is 12.2. The maximum absolute atomic E-state index is 15.8. The van der Waals surface area contributed by atoms with E-state index in [1.165, 1.54) is 0 Å². The molecule has 10 aromatic rings. The van der Waals surface area contributed by atoms with Gasteiger partial charge in [-0.05, 0) is 22.3 Å². The first-order valence-electron chi connectivity index (χ1n) is 21.6. The quantitative estimate of drug-likeness (QED) is 0.162. The lowest BCUT2D eigenvalue weighted by molar-refractivity contribution is 0.455. The first-order valence-corrected chi connectivity index (χ1v) is 21.6. The van der Waals surface area contributed by atoms with Crippen molar-refractivity contribution < 1.29 is 35.1 Å². The van der Waals surface area contributed by atoms with Crippen LogP contribution in [0.25, 0.3) is 134 Å². The third-order valence-corrected chi connectivity index (χ3v) is 12.2. The molecule has 0 saturated carbocycles. The zero-order valence-electron chi connectivity index (χ0n) is 36.0. The molecule has 0 atom stereocenters. The molecule has 0 saturated heterocycles. The number of benzene rings is 4. The van der Waals surface area contributed by atoms with Gasteiger partial charge in [-0.1, -0.05) is 121 Å². The minimum atomic E-state index is -1.63. The van der Waals surface area contributed by atoms with E-state index in [2.05, 4.69) is 49.8 Å². The van der Waals surface area contributed by atoms with Crippen molar-refractivity contribution in [2.45, 2.75) is 0 Å². The van der Waals surface area contributed by atoms with E-state index in [-0.39, 0.29) is 112 Å². The lowest BCUT2D eigenvalue weighted by atomic mass is 9.99. The molecule has 72 heavy (non-hydrogen) atoms. The number of nitrogens with one attached hydrogen (secondary N) is 2. The predicted molar refractivity (Wildman–Crippen MR) is 249 cm³/mol. The maximum Gasteiger partial charge on any atom is 0.269 e. The number of halogens is 8. The Labute approximate surface area is 397 Å². The van der Waals surface area contributed by atoms with Gasteiger partial charge in [0.15, 0.2) is 0 Å². The van der Waals surface area contributed by atoms with E-state index >= 15 is 35.1 Å². The van der Waals surface area contributed by atoms with Crippen LogP contribution in [-0.2, 0) is 0 Å². The Bertz CT molecular complexity index is 3770. The molecule has 12 nitrogen and oxygen atoms in total. The summed E-state index contributed by atoms with van der Waals surface area (Å²) in [6, 6.07) is 32.9. The summed E-state index contributed by atoms with van der Waals surface area (Å²) in [5, 5.41) is 0. The topological polar surface area (TPSA) is 160 Å². The summed E-state index contributed by atoms with van der Waals surface area (Å²) in [6.45, 7) is 0.